The molecule has 0 amide bonds. The average Bonchev–Trinajstić information content (AvgIpc) is 2.80. The van der Waals surface area contributed by atoms with E-state index in [0.29, 0.717) is 0 Å². The lowest BCUT2D eigenvalue weighted by Gasteiger charge is -2.38. The van der Waals surface area contributed by atoms with Gasteiger partial charge in [-0.05, 0) is 25.8 Å². The third-order valence-electron chi connectivity index (χ3n) is 3.86. The Morgan fingerprint density at radius 1 is 1.00 bits per heavy atom. The average molecular weight is 231 g/mol. The van der Waals surface area contributed by atoms with Gasteiger partial charge in [0.1, 0.15) is 0 Å². The quantitative estimate of drug-likeness (QED) is 0.684. The largest absolute Gasteiger partial charge is 0.301 e. The fourth-order valence-electron chi connectivity index (χ4n) is 2.90. The van der Waals surface area contributed by atoms with E-state index in [1.165, 1.54) is 58.4 Å². The maximum absolute atomic E-state index is 5.72. The highest BCUT2D eigenvalue weighted by Gasteiger charge is 2.25. The highest BCUT2D eigenvalue weighted by Crippen LogP contribution is 2.24. The van der Waals surface area contributed by atoms with Crippen LogP contribution in [0.3, 0.4) is 0 Å². The van der Waals surface area contributed by atoms with Crippen molar-refractivity contribution in [3.8, 4) is 0 Å². The van der Waals surface area contributed by atoms with Crippen LogP contribution >= 0.6 is 11.6 Å². The van der Waals surface area contributed by atoms with Gasteiger partial charge in [0.2, 0.25) is 0 Å². The molecule has 1 aliphatic carbocycles. The summed E-state index contributed by atoms with van der Waals surface area (Å²) in [5, 5.41) is 0. The molecule has 0 bridgehead atoms. The van der Waals surface area contributed by atoms with E-state index in [4.69, 9.17) is 11.6 Å². The summed E-state index contributed by atoms with van der Waals surface area (Å²) in [5.41, 5.74) is 0. The maximum atomic E-state index is 5.72. The first-order valence-electron chi connectivity index (χ1n) is 6.42. The molecule has 0 aromatic rings. The van der Waals surface area contributed by atoms with Gasteiger partial charge < -0.3 is 4.90 Å². The first-order valence-corrected chi connectivity index (χ1v) is 6.96. The van der Waals surface area contributed by atoms with E-state index in [2.05, 4.69) is 9.80 Å². The SMILES string of the molecule is ClCCCN1CCN(C2CCCC2)CC1. The third kappa shape index (κ3) is 3.33. The van der Waals surface area contributed by atoms with Gasteiger partial charge in [0.15, 0.2) is 0 Å². The minimum absolute atomic E-state index is 0.808. The molecule has 0 atom stereocenters. The van der Waals surface area contributed by atoms with Crippen LogP contribution in [0.5, 0.6) is 0 Å². The van der Waals surface area contributed by atoms with E-state index in [1.54, 1.807) is 0 Å². The topological polar surface area (TPSA) is 6.48 Å². The second kappa shape index (κ2) is 6.07. The Hall–Kier alpha value is 0.210. The van der Waals surface area contributed by atoms with Crippen LogP contribution in [0.1, 0.15) is 32.1 Å². The molecule has 0 aromatic heterocycles. The van der Waals surface area contributed by atoms with Gasteiger partial charge in [-0.2, -0.15) is 0 Å². The van der Waals surface area contributed by atoms with E-state index in [9.17, 15) is 0 Å². The molecule has 0 spiro atoms. The standard InChI is InChI=1S/C12H23ClN2/c13-6-3-7-14-8-10-15(11-9-14)12-4-1-2-5-12/h12H,1-11H2. The summed E-state index contributed by atoms with van der Waals surface area (Å²) < 4.78 is 0. The second-order valence-electron chi connectivity index (χ2n) is 4.86. The van der Waals surface area contributed by atoms with E-state index >= 15 is 0 Å². The fourth-order valence-corrected chi connectivity index (χ4v) is 3.02. The van der Waals surface area contributed by atoms with Gasteiger partial charge in [-0.1, -0.05) is 12.8 Å². The molecule has 1 saturated heterocycles. The van der Waals surface area contributed by atoms with Gasteiger partial charge >= 0.3 is 0 Å². The molecule has 2 aliphatic rings. The molecule has 88 valence electrons. The Balaban J connectivity index is 1.67. The summed E-state index contributed by atoms with van der Waals surface area (Å²) in [6.45, 7) is 6.28. The summed E-state index contributed by atoms with van der Waals surface area (Å²) in [4.78, 5) is 5.28. The van der Waals surface area contributed by atoms with Crippen molar-refractivity contribution in [1.82, 2.24) is 9.80 Å². The van der Waals surface area contributed by atoms with Crippen LogP contribution in [0.25, 0.3) is 0 Å². The smallest absolute Gasteiger partial charge is 0.0235 e. The first kappa shape index (κ1) is 11.7. The van der Waals surface area contributed by atoms with Crippen molar-refractivity contribution in [3.63, 3.8) is 0 Å². The number of hydrogen-bond donors (Lipinski definition) is 0. The number of nitrogens with zero attached hydrogens (tertiary/aromatic N) is 2. The van der Waals surface area contributed by atoms with Gasteiger partial charge in [-0.3, -0.25) is 4.90 Å². The van der Waals surface area contributed by atoms with Crippen molar-refractivity contribution >= 4 is 11.6 Å². The van der Waals surface area contributed by atoms with Gasteiger partial charge in [0.25, 0.3) is 0 Å². The van der Waals surface area contributed by atoms with Crippen LogP contribution in [0.4, 0.5) is 0 Å². The fraction of sp³-hybridized carbons (Fsp3) is 1.00. The molecular weight excluding hydrogens is 208 g/mol. The highest BCUT2D eigenvalue weighted by molar-refractivity contribution is 6.17. The third-order valence-corrected chi connectivity index (χ3v) is 4.12. The lowest BCUT2D eigenvalue weighted by molar-refractivity contribution is 0.0982. The zero-order valence-corrected chi connectivity index (χ0v) is 10.4. The molecule has 3 heteroatoms. The molecule has 0 N–H and O–H groups in total. The van der Waals surface area contributed by atoms with Crippen LogP contribution in [-0.4, -0.2) is 54.4 Å². The molecule has 0 aromatic carbocycles. The molecule has 15 heavy (non-hydrogen) atoms. The minimum Gasteiger partial charge on any atom is -0.301 e. The number of halogens is 1. The zero-order chi connectivity index (χ0) is 10.5. The Morgan fingerprint density at radius 2 is 1.67 bits per heavy atom. The van der Waals surface area contributed by atoms with Crippen LogP contribution in [0.2, 0.25) is 0 Å². The summed E-state index contributed by atoms with van der Waals surface area (Å²) in [5.74, 6) is 0.808. The monoisotopic (exact) mass is 230 g/mol. The lowest BCUT2D eigenvalue weighted by atomic mass is 10.2. The van der Waals surface area contributed by atoms with E-state index < -0.39 is 0 Å². The summed E-state index contributed by atoms with van der Waals surface area (Å²) in [6, 6.07) is 0.917. The van der Waals surface area contributed by atoms with Crippen LogP contribution in [0, 0.1) is 0 Å². The molecule has 0 radical (unpaired) electrons. The molecule has 1 heterocycles. The summed E-state index contributed by atoms with van der Waals surface area (Å²) in [7, 11) is 0. The van der Waals surface area contributed by atoms with E-state index in [0.717, 1.165) is 18.3 Å². The van der Waals surface area contributed by atoms with Gasteiger partial charge in [0, 0.05) is 38.1 Å². The molecule has 2 fully saturated rings. The lowest BCUT2D eigenvalue weighted by Crippen LogP contribution is -2.49. The zero-order valence-electron chi connectivity index (χ0n) is 9.63. The number of rotatable bonds is 4. The summed E-state index contributed by atoms with van der Waals surface area (Å²) in [6.07, 6.45) is 6.95. The van der Waals surface area contributed by atoms with Crippen LogP contribution in [0.15, 0.2) is 0 Å². The predicted octanol–water partition coefficient (Wildman–Crippen LogP) is 2.18. The second-order valence-corrected chi connectivity index (χ2v) is 5.24. The predicted molar refractivity (Wildman–Crippen MR) is 65.6 cm³/mol. The number of alkyl halides is 1. The van der Waals surface area contributed by atoms with Crippen molar-refractivity contribution in [2.24, 2.45) is 0 Å². The van der Waals surface area contributed by atoms with Crippen LogP contribution < -0.4 is 0 Å². The number of piperazine rings is 1. The Kier molecular flexibility index (Phi) is 4.73. The van der Waals surface area contributed by atoms with Crippen molar-refractivity contribution in [3.05, 3.63) is 0 Å². The maximum Gasteiger partial charge on any atom is 0.0235 e. The van der Waals surface area contributed by atoms with Crippen molar-refractivity contribution < 1.29 is 0 Å². The first-order chi connectivity index (χ1) is 7.40. The molecule has 1 saturated carbocycles. The van der Waals surface area contributed by atoms with Crippen LogP contribution in [-0.2, 0) is 0 Å². The van der Waals surface area contributed by atoms with Crippen molar-refractivity contribution in [1.29, 1.82) is 0 Å². The Labute approximate surface area is 98.6 Å². The molecule has 2 rings (SSSR count). The summed E-state index contributed by atoms with van der Waals surface area (Å²) >= 11 is 5.72. The number of hydrogen-bond acceptors (Lipinski definition) is 2. The van der Waals surface area contributed by atoms with Gasteiger partial charge in [-0.15, -0.1) is 11.6 Å². The molecule has 1 aliphatic heterocycles. The van der Waals surface area contributed by atoms with E-state index in [-0.39, 0.29) is 0 Å². The minimum atomic E-state index is 0.808. The molecule has 2 nitrogen and oxygen atoms in total. The molecular formula is C12H23ClN2. The van der Waals surface area contributed by atoms with Crippen molar-refractivity contribution in [2.45, 2.75) is 38.1 Å². The Morgan fingerprint density at radius 3 is 2.27 bits per heavy atom. The van der Waals surface area contributed by atoms with E-state index in [1.807, 2.05) is 0 Å². The normalized spacial score (nSPS) is 26.2. The van der Waals surface area contributed by atoms with Crippen molar-refractivity contribution in [2.75, 3.05) is 38.6 Å². The molecule has 0 unspecified atom stereocenters. The van der Waals surface area contributed by atoms with Gasteiger partial charge in [0.05, 0.1) is 0 Å². The Bertz CT molecular complexity index is 172. The van der Waals surface area contributed by atoms with Gasteiger partial charge in [-0.25, -0.2) is 0 Å². The highest BCUT2D eigenvalue weighted by atomic mass is 35.5.